The molecule has 2 heterocycles. The number of benzene rings is 1. The lowest BCUT2D eigenvalue weighted by molar-refractivity contribution is -0.126. The fraction of sp³-hybridized carbons (Fsp3) is 0.438. The number of sulfonamides is 1. The third kappa shape index (κ3) is 3.40. The summed E-state index contributed by atoms with van der Waals surface area (Å²) in [6, 6.07) is 6.57. The first-order chi connectivity index (χ1) is 12.6. The minimum absolute atomic E-state index is 0.174. The maximum atomic E-state index is 13.0. The number of halogens is 1. The molecule has 0 aliphatic carbocycles. The molecule has 2 aliphatic heterocycles. The summed E-state index contributed by atoms with van der Waals surface area (Å²) in [5.41, 5.74) is 0.895. The monoisotopic (exact) mass is 413 g/mol. The lowest BCUT2D eigenvalue weighted by atomic mass is 10.2. The summed E-state index contributed by atoms with van der Waals surface area (Å²) in [6.07, 6.45) is 0. The number of carbonyl (C=O) groups excluding carboxylic acids is 2. The molecule has 1 N–H and O–H groups in total. The quantitative estimate of drug-likeness (QED) is 0.783. The van der Waals surface area contributed by atoms with Crippen molar-refractivity contribution in [3.63, 3.8) is 0 Å². The summed E-state index contributed by atoms with van der Waals surface area (Å²) in [7, 11) is -1.62. The number of rotatable bonds is 3. The SMILES string of the molecule is CN1C(=N)C(S(=O)(=O)N2CCN(c3cccc(Cl)c3)CC2)C(=O)N(C)C1=O. The second-order valence-electron chi connectivity index (χ2n) is 6.42. The number of amides is 3. The van der Waals surface area contributed by atoms with Crippen LogP contribution in [-0.4, -0.2) is 85.8 Å². The molecule has 2 saturated heterocycles. The fourth-order valence-corrected chi connectivity index (χ4v) is 5.19. The van der Waals surface area contributed by atoms with Crippen LogP contribution in [0.4, 0.5) is 10.5 Å². The van der Waals surface area contributed by atoms with E-state index < -0.39 is 33.0 Å². The Hall–Kier alpha value is -2.17. The molecule has 3 amide bonds. The molecule has 1 aromatic rings. The predicted molar refractivity (Wildman–Crippen MR) is 102 cm³/mol. The van der Waals surface area contributed by atoms with Gasteiger partial charge in [-0.1, -0.05) is 17.7 Å². The first kappa shape index (κ1) is 19.6. The summed E-state index contributed by atoms with van der Waals surface area (Å²) in [5, 5.41) is 6.89. The van der Waals surface area contributed by atoms with Gasteiger partial charge in [-0.15, -0.1) is 0 Å². The first-order valence-corrected chi connectivity index (χ1v) is 10.2. The van der Waals surface area contributed by atoms with Crippen LogP contribution in [0.25, 0.3) is 0 Å². The van der Waals surface area contributed by atoms with Crippen LogP contribution in [0, 0.1) is 5.41 Å². The van der Waals surface area contributed by atoms with Crippen molar-refractivity contribution in [2.75, 3.05) is 45.2 Å². The van der Waals surface area contributed by atoms with Gasteiger partial charge in [-0.05, 0) is 18.2 Å². The molecular weight excluding hydrogens is 394 g/mol. The van der Waals surface area contributed by atoms with Gasteiger partial charge in [-0.2, -0.15) is 4.31 Å². The Bertz CT molecular complexity index is 874. The number of anilines is 1. The van der Waals surface area contributed by atoms with E-state index in [9.17, 15) is 18.0 Å². The largest absolute Gasteiger partial charge is 0.369 e. The van der Waals surface area contributed by atoms with Gasteiger partial charge in [0.25, 0.3) is 5.91 Å². The van der Waals surface area contributed by atoms with Gasteiger partial charge in [0.2, 0.25) is 15.3 Å². The third-order valence-corrected chi connectivity index (χ3v) is 7.15. The molecule has 0 saturated carbocycles. The molecule has 11 heteroatoms. The Kier molecular flexibility index (Phi) is 5.15. The Balaban J connectivity index is 1.78. The van der Waals surface area contributed by atoms with Crippen molar-refractivity contribution in [2.24, 2.45) is 0 Å². The number of imide groups is 1. The molecule has 1 atom stereocenters. The van der Waals surface area contributed by atoms with Gasteiger partial charge in [0, 0.05) is 51.0 Å². The minimum Gasteiger partial charge on any atom is -0.369 e. The van der Waals surface area contributed by atoms with Gasteiger partial charge in [-0.3, -0.25) is 20.0 Å². The number of piperazine rings is 1. The maximum Gasteiger partial charge on any atom is 0.331 e. The molecule has 1 unspecified atom stereocenters. The van der Waals surface area contributed by atoms with Crippen molar-refractivity contribution >= 4 is 45.1 Å². The molecule has 0 spiro atoms. The van der Waals surface area contributed by atoms with Crippen molar-refractivity contribution in [1.29, 1.82) is 5.41 Å². The topological polar surface area (TPSA) is 105 Å². The third-order valence-electron chi connectivity index (χ3n) is 4.81. The van der Waals surface area contributed by atoms with Crippen molar-refractivity contribution in [1.82, 2.24) is 14.1 Å². The number of amidine groups is 1. The van der Waals surface area contributed by atoms with Crippen molar-refractivity contribution in [2.45, 2.75) is 5.25 Å². The number of nitrogens with zero attached hydrogens (tertiary/aromatic N) is 4. The van der Waals surface area contributed by atoms with E-state index in [-0.39, 0.29) is 13.1 Å². The molecule has 0 radical (unpaired) electrons. The van der Waals surface area contributed by atoms with Crippen molar-refractivity contribution in [3.05, 3.63) is 29.3 Å². The maximum absolute atomic E-state index is 13.0. The highest BCUT2D eigenvalue weighted by Crippen LogP contribution is 2.24. The summed E-state index contributed by atoms with van der Waals surface area (Å²) in [6.45, 7) is 1.21. The Morgan fingerprint density at radius 2 is 1.70 bits per heavy atom. The van der Waals surface area contributed by atoms with Crippen LogP contribution in [0.15, 0.2) is 24.3 Å². The smallest absolute Gasteiger partial charge is 0.331 e. The molecule has 2 aliphatic rings. The minimum atomic E-state index is -4.12. The first-order valence-electron chi connectivity index (χ1n) is 8.27. The highest BCUT2D eigenvalue weighted by Gasteiger charge is 2.50. The van der Waals surface area contributed by atoms with E-state index in [1.165, 1.54) is 18.4 Å². The van der Waals surface area contributed by atoms with E-state index in [0.717, 1.165) is 15.5 Å². The van der Waals surface area contributed by atoms with Crippen molar-refractivity contribution in [3.8, 4) is 0 Å². The molecule has 1 aromatic carbocycles. The number of nitrogens with one attached hydrogen (secondary N) is 1. The van der Waals surface area contributed by atoms with Crippen LogP contribution in [0.5, 0.6) is 0 Å². The Labute approximate surface area is 162 Å². The van der Waals surface area contributed by atoms with Gasteiger partial charge >= 0.3 is 6.03 Å². The van der Waals surface area contributed by atoms with Crippen LogP contribution < -0.4 is 4.90 Å². The van der Waals surface area contributed by atoms with E-state index >= 15 is 0 Å². The second kappa shape index (κ2) is 7.10. The van der Waals surface area contributed by atoms with Crippen LogP contribution in [0.3, 0.4) is 0 Å². The van der Waals surface area contributed by atoms with Crippen LogP contribution in [0.2, 0.25) is 5.02 Å². The van der Waals surface area contributed by atoms with E-state index in [0.29, 0.717) is 18.1 Å². The average Bonchev–Trinajstić information content (AvgIpc) is 2.65. The highest BCUT2D eigenvalue weighted by atomic mass is 35.5. The lowest BCUT2D eigenvalue weighted by Gasteiger charge is -2.40. The summed E-state index contributed by atoms with van der Waals surface area (Å²) < 4.78 is 27.2. The molecular formula is C16H20ClN5O4S. The molecule has 2 fully saturated rings. The van der Waals surface area contributed by atoms with E-state index in [1.807, 2.05) is 23.1 Å². The zero-order valence-corrected chi connectivity index (χ0v) is 16.5. The van der Waals surface area contributed by atoms with E-state index in [2.05, 4.69) is 0 Å². The number of hydrogen-bond donors (Lipinski definition) is 1. The normalized spacial score (nSPS) is 22.6. The van der Waals surface area contributed by atoms with Gasteiger partial charge in [0.15, 0.2) is 0 Å². The Morgan fingerprint density at radius 3 is 2.30 bits per heavy atom. The lowest BCUT2D eigenvalue weighted by Crippen LogP contribution is -2.64. The van der Waals surface area contributed by atoms with E-state index in [1.54, 1.807) is 6.07 Å². The van der Waals surface area contributed by atoms with Crippen LogP contribution in [0.1, 0.15) is 0 Å². The predicted octanol–water partition coefficient (Wildman–Crippen LogP) is 0.661. The molecule has 146 valence electrons. The number of carbonyl (C=O) groups is 2. The van der Waals surface area contributed by atoms with Gasteiger partial charge in [0.1, 0.15) is 5.84 Å². The number of hydrogen-bond acceptors (Lipinski definition) is 6. The fourth-order valence-electron chi connectivity index (χ4n) is 3.18. The van der Waals surface area contributed by atoms with Gasteiger partial charge in [-0.25, -0.2) is 13.2 Å². The van der Waals surface area contributed by atoms with E-state index in [4.69, 9.17) is 17.0 Å². The van der Waals surface area contributed by atoms with Crippen molar-refractivity contribution < 1.29 is 18.0 Å². The van der Waals surface area contributed by atoms with Crippen LogP contribution >= 0.6 is 11.6 Å². The molecule has 3 rings (SSSR count). The van der Waals surface area contributed by atoms with Gasteiger partial charge in [0.05, 0.1) is 0 Å². The molecule has 0 aromatic heterocycles. The summed E-state index contributed by atoms with van der Waals surface area (Å²) in [4.78, 5) is 27.9. The Morgan fingerprint density at radius 1 is 1.07 bits per heavy atom. The standard InChI is InChI=1S/C16H20ClN5O4S/c1-19-14(18)13(15(23)20(2)16(19)24)27(25,26)22-8-6-21(7-9-22)12-5-3-4-11(17)10-12/h3-5,10,13,18H,6-9H2,1-2H3. The zero-order valence-electron chi connectivity index (χ0n) is 14.9. The van der Waals surface area contributed by atoms with Gasteiger partial charge < -0.3 is 4.90 Å². The second-order valence-corrected chi connectivity index (χ2v) is 8.87. The molecule has 0 bridgehead atoms. The summed E-state index contributed by atoms with van der Waals surface area (Å²) >= 11 is 6.01. The molecule has 27 heavy (non-hydrogen) atoms. The average molecular weight is 414 g/mol. The summed E-state index contributed by atoms with van der Waals surface area (Å²) in [5.74, 6) is -1.43. The van der Waals surface area contributed by atoms with Crippen LogP contribution in [-0.2, 0) is 14.8 Å². The zero-order chi connectivity index (χ0) is 19.9. The highest BCUT2D eigenvalue weighted by molar-refractivity contribution is 7.91. The molecule has 9 nitrogen and oxygen atoms in total. The number of urea groups is 1.